The molecule has 0 atom stereocenters. The lowest BCUT2D eigenvalue weighted by Crippen LogP contribution is -2.28. The van der Waals surface area contributed by atoms with Gasteiger partial charge in [-0.2, -0.15) is 0 Å². The first-order chi connectivity index (χ1) is 8.54. The van der Waals surface area contributed by atoms with Crippen LogP contribution >= 0.6 is 27.3 Å². The number of halogens is 1. The summed E-state index contributed by atoms with van der Waals surface area (Å²) in [5, 5.41) is 9.36. The standard InChI is InChI=1S/C11H14BrN5S/c1-11(2,10-14-4-5-18-10)17-9-7(12)8(13-3)15-6-16-9/h4-6H,1-3H3,(H2,13,15,16,17). The Morgan fingerprint density at radius 1 is 1.22 bits per heavy atom. The van der Waals surface area contributed by atoms with Crippen LogP contribution < -0.4 is 10.6 Å². The predicted molar refractivity (Wildman–Crippen MR) is 78.0 cm³/mol. The van der Waals surface area contributed by atoms with E-state index in [9.17, 15) is 0 Å². The Kier molecular flexibility index (Phi) is 3.82. The van der Waals surface area contributed by atoms with Crippen molar-refractivity contribution in [1.29, 1.82) is 0 Å². The van der Waals surface area contributed by atoms with Crippen LogP contribution in [0, 0.1) is 0 Å². The van der Waals surface area contributed by atoms with E-state index in [1.54, 1.807) is 17.5 Å². The molecule has 0 radical (unpaired) electrons. The molecule has 0 fully saturated rings. The smallest absolute Gasteiger partial charge is 0.146 e. The first-order valence-electron chi connectivity index (χ1n) is 5.41. The Labute approximate surface area is 118 Å². The van der Waals surface area contributed by atoms with Gasteiger partial charge in [0.05, 0.1) is 5.54 Å². The van der Waals surface area contributed by atoms with Crippen LogP contribution in [-0.2, 0) is 5.54 Å². The number of hydrogen-bond donors (Lipinski definition) is 2. The monoisotopic (exact) mass is 327 g/mol. The van der Waals surface area contributed by atoms with E-state index in [4.69, 9.17) is 0 Å². The average molecular weight is 328 g/mol. The van der Waals surface area contributed by atoms with E-state index in [1.165, 1.54) is 6.33 Å². The van der Waals surface area contributed by atoms with E-state index in [-0.39, 0.29) is 5.54 Å². The van der Waals surface area contributed by atoms with Gasteiger partial charge < -0.3 is 10.6 Å². The summed E-state index contributed by atoms with van der Waals surface area (Å²) in [5.41, 5.74) is -0.282. The number of anilines is 2. The highest BCUT2D eigenvalue weighted by molar-refractivity contribution is 9.10. The van der Waals surface area contributed by atoms with Crippen LogP contribution in [-0.4, -0.2) is 22.0 Å². The van der Waals surface area contributed by atoms with Gasteiger partial charge >= 0.3 is 0 Å². The van der Waals surface area contributed by atoms with E-state index in [0.29, 0.717) is 0 Å². The molecule has 2 rings (SSSR count). The van der Waals surface area contributed by atoms with Crippen molar-refractivity contribution >= 4 is 38.9 Å². The van der Waals surface area contributed by atoms with E-state index in [0.717, 1.165) is 21.1 Å². The fraction of sp³-hybridized carbons (Fsp3) is 0.364. The van der Waals surface area contributed by atoms with Crippen LogP contribution in [0.1, 0.15) is 18.9 Å². The van der Waals surface area contributed by atoms with Crippen LogP contribution in [0.2, 0.25) is 0 Å². The molecular weight excluding hydrogens is 314 g/mol. The molecule has 0 unspecified atom stereocenters. The van der Waals surface area contributed by atoms with E-state index in [1.807, 2.05) is 12.4 Å². The van der Waals surface area contributed by atoms with E-state index in [2.05, 4.69) is 55.4 Å². The van der Waals surface area contributed by atoms with E-state index >= 15 is 0 Å². The van der Waals surface area contributed by atoms with Crippen molar-refractivity contribution in [3.63, 3.8) is 0 Å². The van der Waals surface area contributed by atoms with Gasteiger partial charge in [-0.05, 0) is 29.8 Å². The lowest BCUT2D eigenvalue weighted by atomic mass is 10.1. The maximum atomic E-state index is 4.34. The van der Waals surface area contributed by atoms with Crippen molar-refractivity contribution in [2.24, 2.45) is 0 Å². The molecule has 0 saturated carbocycles. The number of hydrogen-bond acceptors (Lipinski definition) is 6. The van der Waals surface area contributed by atoms with Crippen molar-refractivity contribution in [3.8, 4) is 0 Å². The zero-order valence-electron chi connectivity index (χ0n) is 10.4. The minimum atomic E-state index is -0.282. The minimum Gasteiger partial charge on any atom is -0.372 e. The Morgan fingerprint density at radius 2 is 1.94 bits per heavy atom. The summed E-state index contributed by atoms with van der Waals surface area (Å²) in [7, 11) is 1.82. The molecule has 2 aromatic rings. The highest BCUT2D eigenvalue weighted by atomic mass is 79.9. The largest absolute Gasteiger partial charge is 0.372 e. The molecule has 0 aliphatic rings. The van der Waals surface area contributed by atoms with Crippen LogP contribution in [0.3, 0.4) is 0 Å². The predicted octanol–water partition coefficient (Wildman–Crippen LogP) is 3.08. The Bertz CT molecular complexity index is 526. The Balaban J connectivity index is 2.29. The molecular formula is C11H14BrN5S. The van der Waals surface area contributed by atoms with Crippen LogP contribution in [0.5, 0.6) is 0 Å². The molecule has 0 bridgehead atoms. The molecule has 2 aromatic heterocycles. The summed E-state index contributed by atoms with van der Waals surface area (Å²) >= 11 is 5.11. The second-order valence-electron chi connectivity index (χ2n) is 4.22. The summed E-state index contributed by atoms with van der Waals surface area (Å²) in [4.78, 5) is 12.7. The summed E-state index contributed by atoms with van der Waals surface area (Å²) in [5.74, 6) is 1.50. The van der Waals surface area contributed by atoms with E-state index < -0.39 is 0 Å². The molecule has 5 nitrogen and oxygen atoms in total. The summed E-state index contributed by atoms with van der Waals surface area (Å²) in [6, 6.07) is 0. The molecule has 0 spiro atoms. The lowest BCUT2D eigenvalue weighted by Gasteiger charge is -2.25. The van der Waals surface area contributed by atoms with Crippen LogP contribution in [0.15, 0.2) is 22.4 Å². The fourth-order valence-electron chi connectivity index (χ4n) is 1.51. The van der Waals surface area contributed by atoms with Crippen molar-refractivity contribution in [1.82, 2.24) is 15.0 Å². The van der Waals surface area contributed by atoms with Gasteiger partial charge in [-0.3, -0.25) is 0 Å². The zero-order valence-corrected chi connectivity index (χ0v) is 12.8. The summed E-state index contributed by atoms with van der Waals surface area (Å²) < 4.78 is 0.817. The molecule has 7 heteroatoms. The number of aromatic nitrogens is 3. The number of nitrogens with one attached hydrogen (secondary N) is 2. The van der Waals surface area contributed by atoms with Gasteiger partial charge in [-0.15, -0.1) is 11.3 Å². The number of rotatable bonds is 4. The van der Waals surface area contributed by atoms with Crippen molar-refractivity contribution in [3.05, 3.63) is 27.4 Å². The first-order valence-corrected chi connectivity index (χ1v) is 7.08. The molecule has 18 heavy (non-hydrogen) atoms. The second kappa shape index (κ2) is 5.19. The third-order valence-electron chi connectivity index (χ3n) is 2.42. The van der Waals surface area contributed by atoms with Crippen molar-refractivity contribution in [2.45, 2.75) is 19.4 Å². The maximum absolute atomic E-state index is 4.34. The van der Waals surface area contributed by atoms with Crippen LogP contribution in [0.25, 0.3) is 0 Å². The number of nitrogens with zero attached hydrogens (tertiary/aromatic N) is 3. The lowest BCUT2D eigenvalue weighted by molar-refractivity contribution is 0.600. The van der Waals surface area contributed by atoms with Gasteiger partial charge in [0.1, 0.15) is 27.4 Å². The highest BCUT2D eigenvalue weighted by Crippen LogP contribution is 2.32. The van der Waals surface area contributed by atoms with Crippen molar-refractivity contribution in [2.75, 3.05) is 17.7 Å². The molecule has 2 N–H and O–H groups in total. The van der Waals surface area contributed by atoms with Gasteiger partial charge in [0.2, 0.25) is 0 Å². The molecule has 0 aliphatic heterocycles. The topological polar surface area (TPSA) is 62.7 Å². The molecule has 0 saturated heterocycles. The van der Waals surface area contributed by atoms with Gasteiger partial charge in [0.15, 0.2) is 0 Å². The second-order valence-corrected chi connectivity index (χ2v) is 5.91. The van der Waals surface area contributed by atoms with Crippen molar-refractivity contribution < 1.29 is 0 Å². The quantitative estimate of drug-likeness (QED) is 0.903. The van der Waals surface area contributed by atoms with Gasteiger partial charge in [0.25, 0.3) is 0 Å². The number of thiazole rings is 1. The Morgan fingerprint density at radius 3 is 2.56 bits per heavy atom. The Hall–Kier alpha value is -1.21. The average Bonchev–Trinajstić information content (AvgIpc) is 2.86. The molecule has 0 aromatic carbocycles. The highest BCUT2D eigenvalue weighted by Gasteiger charge is 2.25. The zero-order chi connectivity index (χ0) is 13.2. The van der Waals surface area contributed by atoms with Crippen LogP contribution in [0.4, 0.5) is 11.6 Å². The summed E-state index contributed by atoms with van der Waals surface area (Å²) in [6.07, 6.45) is 3.33. The molecule has 2 heterocycles. The third-order valence-corrected chi connectivity index (χ3v) is 4.27. The first kappa shape index (κ1) is 13.2. The van der Waals surface area contributed by atoms with Gasteiger partial charge in [-0.25, -0.2) is 15.0 Å². The normalized spacial score (nSPS) is 11.3. The molecule has 0 amide bonds. The fourth-order valence-corrected chi connectivity index (χ4v) is 2.73. The minimum absolute atomic E-state index is 0.282. The van der Waals surface area contributed by atoms with Gasteiger partial charge in [-0.1, -0.05) is 0 Å². The summed E-state index contributed by atoms with van der Waals surface area (Å²) in [6.45, 7) is 4.14. The molecule has 96 valence electrons. The maximum Gasteiger partial charge on any atom is 0.146 e. The SMILES string of the molecule is CNc1ncnc(NC(C)(C)c2nccs2)c1Br. The molecule has 0 aliphatic carbocycles. The third kappa shape index (κ3) is 2.62. The van der Waals surface area contributed by atoms with Gasteiger partial charge in [0, 0.05) is 18.6 Å².